The first-order valence-electron chi connectivity index (χ1n) is 7.41. The van der Waals surface area contributed by atoms with Crippen molar-refractivity contribution in [2.45, 2.75) is 19.7 Å². The molecule has 0 radical (unpaired) electrons. The quantitative estimate of drug-likeness (QED) is 0.283. The molecule has 2 aromatic carbocycles. The highest BCUT2D eigenvalue weighted by Gasteiger charge is 2.32. The fourth-order valence-corrected chi connectivity index (χ4v) is 2.20. The Labute approximate surface area is 165 Å². The van der Waals surface area contributed by atoms with Crippen LogP contribution >= 0.6 is 24.0 Å². The number of alkyl halides is 3. The van der Waals surface area contributed by atoms with Crippen LogP contribution in [0.5, 0.6) is 5.75 Å². The summed E-state index contributed by atoms with van der Waals surface area (Å²) in [5, 5.41) is 2.59. The Morgan fingerprint density at radius 3 is 2.54 bits per heavy atom. The van der Waals surface area contributed by atoms with Gasteiger partial charge in [-0.2, -0.15) is 0 Å². The smallest absolute Gasteiger partial charge is 0.404 e. The fraction of sp³-hybridized carbons (Fsp3) is 0.235. The van der Waals surface area contributed by atoms with Gasteiger partial charge in [0.2, 0.25) is 0 Å². The Morgan fingerprint density at radius 1 is 1.19 bits per heavy atom. The number of nitrogens with zero attached hydrogens (tertiary/aromatic N) is 1. The molecule has 0 fully saturated rings. The number of aryl methyl sites for hydroxylation is 1. The predicted molar refractivity (Wildman–Crippen MR) is 103 cm³/mol. The van der Waals surface area contributed by atoms with Gasteiger partial charge in [-0.1, -0.05) is 18.2 Å². The van der Waals surface area contributed by atoms with Gasteiger partial charge in [0, 0.05) is 6.54 Å². The molecule has 0 aliphatic heterocycles. The summed E-state index contributed by atoms with van der Waals surface area (Å²) in [6, 6.07) is 9.97. The topological polar surface area (TPSA) is 59.6 Å². The van der Waals surface area contributed by atoms with Crippen molar-refractivity contribution in [2.75, 3.05) is 11.9 Å². The number of halogens is 5. The van der Waals surface area contributed by atoms with Crippen LogP contribution in [0.3, 0.4) is 0 Å². The minimum absolute atomic E-state index is 0. The molecule has 0 saturated carbocycles. The molecule has 2 aromatic rings. The molecule has 0 atom stereocenters. The predicted octanol–water partition coefficient (Wildman–Crippen LogP) is 4.62. The van der Waals surface area contributed by atoms with Crippen LogP contribution in [-0.2, 0) is 6.42 Å². The number of hydrogen-bond acceptors (Lipinski definition) is 2. The van der Waals surface area contributed by atoms with Crippen molar-refractivity contribution in [1.82, 2.24) is 0 Å². The lowest BCUT2D eigenvalue weighted by Gasteiger charge is -2.14. The maximum Gasteiger partial charge on any atom is 0.573 e. The van der Waals surface area contributed by atoms with Crippen LogP contribution in [0.2, 0.25) is 0 Å². The van der Waals surface area contributed by atoms with Gasteiger partial charge in [0.1, 0.15) is 5.82 Å². The molecule has 0 heterocycles. The van der Waals surface area contributed by atoms with Gasteiger partial charge in [-0.25, -0.2) is 4.39 Å². The van der Waals surface area contributed by atoms with E-state index in [4.69, 9.17) is 5.73 Å². The number of anilines is 1. The van der Waals surface area contributed by atoms with E-state index in [2.05, 4.69) is 15.0 Å². The largest absolute Gasteiger partial charge is 0.573 e. The van der Waals surface area contributed by atoms with E-state index in [1.807, 2.05) is 0 Å². The van der Waals surface area contributed by atoms with E-state index in [-0.39, 0.29) is 41.4 Å². The normalized spacial score (nSPS) is 11.7. The van der Waals surface area contributed by atoms with Crippen molar-refractivity contribution in [3.05, 3.63) is 59.4 Å². The Hall–Kier alpha value is -2.04. The summed E-state index contributed by atoms with van der Waals surface area (Å²) in [6.07, 6.45) is -4.28. The van der Waals surface area contributed by atoms with Crippen LogP contribution in [0.15, 0.2) is 47.5 Å². The Morgan fingerprint density at radius 2 is 1.88 bits per heavy atom. The van der Waals surface area contributed by atoms with E-state index >= 15 is 0 Å². The van der Waals surface area contributed by atoms with Gasteiger partial charge in [-0.15, -0.1) is 37.1 Å². The molecule has 3 N–H and O–H groups in total. The zero-order valence-corrected chi connectivity index (χ0v) is 16.1. The summed E-state index contributed by atoms with van der Waals surface area (Å²) in [4.78, 5) is 4.07. The number of rotatable bonds is 5. The summed E-state index contributed by atoms with van der Waals surface area (Å²) in [5.74, 6) is -0.757. The zero-order chi connectivity index (χ0) is 18.4. The van der Waals surface area contributed by atoms with Crippen LogP contribution in [0.25, 0.3) is 0 Å². The van der Waals surface area contributed by atoms with Crippen LogP contribution in [0.4, 0.5) is 23.2 Å². The molecule has 9 heteroatoms. The fourth-order valence-electron chi connectivity index (χ4n) is 2.20. The number of nitrogens with two attached hydrogens (primary N) is 1. The minimum atomic E-state index is -4.80. The van der Waals surface area contributed by atoms with Gasteiger partial charge in [-0.3, -0.25) is 4.99 Å². The maximum absolute atomic E-state index is 13.0. The van der Waals surface area contributed by atoms with E-state index in [0.717, 1.165) is 11.1 Å². The number of ether oxygens (including phenoxy) is 1. The van der Waals surface area contributed by atoms with Crippen molar-refractivity contribution < 1.29 is 22.3 Å². The van der Waals surface area contributed by atoms with Crippen molar-refractivity contribution in [3.63, 3.8) is 0 Å². The van der Waals surface area contributed by atoms with Gasteiger partial charge in [-0.05, 0) is 48.7 Å². The molecular formula is C17H18F4IN3O. The minimum Gasteiger partial charge on any atom is -0.404 e. The monoisotopic (exact) mass is 483 g/mol. The molecule has 0 aromatic heterocycles. The number of hydrogen-bond donors (Lipinski definition) is 2. The highest BCUT2D eigenvalue weighted by Crippen LogP contribution is 2.29. The Bertz CT molecular complexity index is 766. The molecule has 4 nitrogen and oxygen atoms in total. The van der Waals surface area contributed by atoms with Crippen LogP contribution in [0.1, 0.15) is 11.1 Å². The van der Waals surface area contributed by atoms with Gasteiger partial charge >= 0.3 is 6.36 Å². The van der Waals surface area contributed by atoms with Crippen LogP contribution in [0, 0.1) is 12.7 Å². The average Bonchev–Trinajstić information content (AvgIpc) is 2.50. The van der Waals surface area contributed by atoms with Crippen molar-refractivity contribution in [3.8, 4) is 5.75 Å². The summed E-state index contributed by atoms with van der Waals surface area (Å²) < 4.78 is 54.1. The molecule has 0 bridgehead atoms. The highest BCUT2D eigenvalue weighted by atomic mass is 127. The number of para-hydroxylation sites is 2. The molecule has 2 rings (SSSR count). The molecule has 26 heavy (non-hydrogen) atoms. The van der Waals surface area contributed by atoms with Gasteiger partial charge in [0.25, 0.3) is 0 Å². The molecule has 0 saturated heterocycles. The molecular weight excluding hydrogens is 465 g/mol. The van der Waals surface area contributed by atoms with Crippen molar-refractivity contribution in [1.29, 1.82) is 0 Å². The number of guanidine groups is 1. The van der Waals surface area contributed by atoms with Gasteiger partial charge < -0.3 is 15.8 Å². The third-order valence-corrected chi connectivity index (χ3v) is 3.34. The number of nitrogens with one attached hydrogen (secondary N) is 1. The van der Waals surface area contributed by atoms with E-state index in [1.54, 1.807) is 19.1 Å². The molecule has 142 valence electrons. The van der Waals surface area contributed by atoms with E-state index < -0.39 is 12.1 Å². The standard InChI is InChI=1S/C17H17F4N3O.HI/c1-11-10-13(18)7-6-12(11)8-9-23-16(22)24-14-4-2-3-5-15(14)25-17(19,20)21;/h2-7,10H,8-9H2,1H3,(H3,22,23,24);1H. The van der Waals surface area contributed by atoms with Crippen LogP contribution < -0.4 is 15.8 Å². The third-order valence-electron chi connectivity index (χ3n) is 3.34. The molecule has 0 spiro atoms. The first-order chi connectivity index (χ1) is 11.7. The number of benzene rings is 2. The molecule has 0 aliphatic rings. The second kappa shape index (κ2) is 9.60. The summed E-state index contributed by atoms with van der Waals surface area (Å²) >= 11 is 0. The van der Waals surface area contributed by atoms with E-state index in [9.17, 15) is 17.6 Å². The summed E-state index contributed by atoms with van der Waals surface area (Å²) in [7, 11) is 0. The lowest BCUT2D eigenvalue weighted by atomic mass is 10.1. The lowest BCUT2D eigenvalue weighted by Crippen LogP contribution is -2.25. The van der Waals surface area contributed by atoms with E-state index in [1.165, 1.54) is 30.3 Å². The first-order valence-corrected chi connectivity index (χ1v) is 7.41. The Kier molecular flexibility index (Phi) is 8.12. The van der Waals surface area contributed by atoms with Crippen molar-refractivity contribution in [2.24, 2.45) is 10.7 Å². The SMILES string of the molecule is Cc1cc(F)ccc1CCN=C(N)Nc1ccccc1OC(F)(F)F.I. The maximum atomic E-state index is 13.0. The lowest BCUT2D eigenvalue weighted by molar-refractivity contribution is -0.274. The highest BCUT2D eigenvalue weighted by molar-refractivity contribution is 14.0. The van der Waals surface area contributed by atoms with Gasteiger partial charge in [0.05, 0.1) is 5.69 Å². The summed E-state index contributed by atoms with van der Waals surface area (Å²) in [6.45, 7) is 2.09. The van der Waals surface area contributed by atoms with E-state index in [0.29, 0.717) is 13.0 Å². The van der Waals surface area contributed by atoms with Crippen molar-refractivity contribution >= 4 is 35.6 Å². The second-order valence-electron chi connectivity index (χ2n) is 5.26. The Balaban J connectivity index is 0.00000338. The molecule has 0 unspecified atom stereocenters. The van der Waals surface area contributed by atoms with Crippen LogP contribution in [-0.4, -0.2) is 18.9 Å². The second-order valence-corrected chi connectivity index (χ2v) is 5.26. The molecule has 0 aliphatic carbocycles. The number of aliphatic imine (C=N–C) groups is 1. The summed E-state index contributed by atoms with van der Waals surface area (Å²) in [5.41, 5.74) is 7.47. The first kappa shape index (κ1) is 22.0. The third kappa shape index (κ3) is 7.06. The average molecular weight is 483 g/mol. The molecule has 0 amide bonds. The van der Waals surface area contributed by atoms with Gasteiger partial charge in [0.15, 0.2) is 11.7 Å². The zero-order valence-electron chi connectivity index (χ0n) is 13.8.